The van der Waals surface area contributed by atoms with Gasteiger partial charge in [-0.15, -0.1) is 0 Å². The molecule has 150 valence electrons. The normalized spacial score (nSPS) is 11.8. The van der Waals surface area contributed by atoms with Gasteiger partial charge in [0, 0.05) is 0 Å². The minimum Gasteiger partial charge on any atom is -0.394 e. The fourth-order valence-corrected chi connectivity index (χ4v) is 3.37. The molecule has 0 aliphatic heterocycles. The van der Waals surface area contributed by atoms with Gasteiger partial charge in [0.2, 0.25) is 0 Å². The summed E-state index contributed by atoms with van der Waals surface area (Å²) in [6, 6.07) is 8.90. The molecule has 1 rings (SSSR count). The van der Waals surface area contributed by atoms with Crippen molar-refractivity contribution in [2.75, 3.05) is 13.2 Å². The highest BCUT2D eigenvalue weighted by atomic mass is 16.3. The summed E-state index contributed by atoms with van der Waals surface area (Å²) < 4.78 is 0. The molecule has 0 radical (unpaired) electrons. The maximum Gasteiger partial charge on any atom is 0.0633 e. The van der Waals surface area contributed by atoms with Gasteiger partial charge in [-0.2, -0.15) is 0 Å². The molecule has 0 spiro atoms. The van der Waals surface area contributed by atoms with Crippen LogP contribution in [0.4, 0.5) is 0 Å². The second kappa shape index (κ2) is 14.2. The van der Waals surface area contributed by atoms with Crippen LogP contribution in [0, 0.1) is 0 Å². The number of benzene rings is 1. The maximum absolute atomic E-state index is 9.22. The number of nitrogens with two attached hydrogens (primary N) is 1. The SMILES string of the molecule is CCCCCCCCCCCc1ccc(CCCC(N)(CO)CO)cc1. The smallest absolute Gasteiger partial charge is 0.0633 e. The van der Waals surface area contributed by atoms with Gasteiger partial charge in [0.15, 0.2) is 0 Å². The molecule has 26 heavy (non-hydrogen) atoms. The van der Waals surface area contributed by atoms with E-state index in [9.17, 15) is 10.2 Å². The van der Waals surface area contributed by atoms with Crippen molar-refractivity contribution in [3.8, 4) is 0 Å². The van der Waals surface area contributed by atoms with Gasteiger partial charge in [0.25, 0.3) is 0 Å². The fourth-order valence-electron chi connectivity index (χ4n) is 3.37. The van der Waals surface area contributed by atoms with Crippen LogP contribution in [0.2, 0.25) is 0 Å². The molecular formula is C23H41NO2. The summed E-state index contributed by atoms with van der Waals surface area (Å²) in [5.74, 6) is 0. The van der Waals surface area contributed by atoms with E-state index in [1.165, 1.54) is 75.3 Å². The molecule has 0 heterocycles. The molecule has 0 unspecified atom stereocenters. The Morgan fingerprint density at radius 3 is 1.58 bits per heavy atom. The van der Waals surface area contributed by atoms with Crippen LogP contribution in [0.15, 0.2) is 24.3 Å². The molecule has 3 heteroatoms. The number of hydrogen-bond donors (Lipinski definition) is 3. The van der Waals surface area contributed by atoms with E-state index in [0.29, 0.717) is 6.42 Å². The van der Waals surface area contributed by atoms with Crippen LogP contribution in [-0.4, -0.2) is 29.0 Å². The third-order valence-electron chi connectivity index (χ3n) is 5.36. The van der Waals surface area contributed by atoms with Crippen molar-refractivity contribution in [2.45, 2.75) is 95.9 Å². The summed E-state index contributed by atoms with van der Waals surface area (Å²) in [5.41, 5.74) is 7.80. The number of hydrogen-bond acceptors (Lipinski definition) is 3. The van der Waals surface area contributed by atoms with E-state index in [0.717, 1.165) is 12.8 Å². The van der Waals surface area contributed by atoms with Crippen molar-refractivity contribution in [2.24, 2.45) is 5.73 Å². The quantitative estimate of drug-likeness (QED) is 0.371. The summed E-state index contributed by atoms with van der Waals surface area (Å²) in [5, 5.41) is 18.4. The third kappa shape index (κ3) is 10.3. The predicted molar refractivity (Wildman–Crippen MR) is 111 cm³/mol. The van der Waals surface area contributed by atoms with Crippen LogP contribution < -0.4 is 5.73 Å². The first-order valence-electron chi connectivity index (χ1n) is 10.7. The van der Waals surface area contributed by atoms with Gasteiger partial charge in [-0.3, -0.25) is 0 Å². The average molecular weight is 364 g/mol. The molecule has 0 atom stereocenters. The first-order chi connectivity index (χ1) is 12.6. The van der Waals surface area contributed by atoms with E-state index in [-0.39, 0.29) is 13.2 Å². The predicted octanol–water partition coefficient (Wildman–Crippen LogP) is 4.76. The number of rotatable bonds is 16. The van der Waals surface area contributed by atoms with Crippen LogP contribution >= 0.6 is 0 Å². The van der Waals surface area contributed by atoms with Crippen LogP contribution in [0.3, 0.4) is 0 Å². The zero-order chi connectivity index (χ0) is 19.1. The Kier molecular flexibility index (Phi) is 12.6. The highest BCUT2D eigenvalue weighted by Crippen LogP contribution is 2.15. The Morgan fingerprint density at radius 2 is 1.12 bits per heavy atom. The Balaban J connectivity index is 2.11. The second-order valence-electron chi connectivity index (χ2n) is 7.93. The summed E-state index contributed by atoms with van der Waals surface area (Å²) in [6.45, 7) is 1.94. The Morgan fingerprint density at radius 1 is 0.692 bits per heavy atom. The fraction of sp³-hybridized carbons (Fsp3) is 0.739. The van der Waals surface area contributed by atoms with E-state index >= 15 is 0 Å². The standard InChI is InChI=1S/C23H41NO2/c1-2-3-4-5-6-7-8-9-10-12-21-14-16-22(17-15-21)13-11-18-23(24,19-25)20-26/h14-17,25-26H,2-13,18-20,24H2,1H3. The highest BCUT2D eigenvalue weighted by Gasteiger charge is 2.21. The van der Waals surface area contributed by atoms with E-state index < -0.39 is 5.54 Å². The number of unbranched alkanes of at least 4 members (excludes halogenated alkanes) is 8. The number of aryl methyl sites for hydroxylation is 2. The van der Waals surface area contributed by atoms with Crippen molar-refractivity contribution in [1.29, 1.82) is 0 Å². The third-order valence-corrected chi connectivity index (χ3v) is 5.36. The first-order valence-corrected chi connectivity index (χ1v) is 10.7. The summed E-state index contributed by atoms with van der Waals surface area (Å²) in [6.07, 6.45) is 16.0. The molecule has 0 aliphatic carbocycles. The van der Waals surface area contributed by atoms with Gasteiger partial charge in [0.1, 0.15) is 0 Å². The van der Waals surface area contributed by atoms with Gasteiger partial charge in [-0.05, 0) is 43.2 Å². The molecule has 0 aromatic heterocycles. The van der Waals surface area contributed by atoms with Gasteiger partial charge < -0.3 is 15.9 Å². The molecule has 0 aliphatic rings. The number of aliphatic hydroxyl groups excluding tert-OH is 2. The van der Waals surface area contributed by atoms with Gasteiger partial charge in [0.05, 0.1) is 18.8 Å². The van der Waals surface area contributed by atoms with Crippen LogP contribution in [0.25, 0.3) is 0 Å². The van der Waals surface area contributed by atoms with E-state index in [2.05, 4.69) is 31.2 Å². The van der Waals surface area contributed by atoms with Crippen molar-refractivity contribution in [3.05, 3.63) is 35.4 Å². The molecule has 3 nitrogen and oxygen atoms in total. The van der Waals surface area contributed by atoms with E-state index in [4.69, 9.17) is 5.73 Å². The highest BCUT2D eigenvalue weighted by molar-refractivity contribution is 5.22. The lowest BCUT2D eigenvalue weighted by Crippen LogP contribution is -2.47. The molecule has 1 aromatic carbocycles. The lowest BCUT2D eigenvalue weighted by Gasteiger charge is -2.24. The molecule has 1 aromatic rings. The van der Waals surface area contributed by atoms with Gasteiger partial charge in [-0.25, -0.2) is 0 Å². The van der Waals surface area contributed by atoms with E-state index in [1.54, 1.807) is 0 Å². The zero-order valence-corrected chi connectivity index (χ0v) is 16.9. The minimum absolute atomic E-state index is 0.165. The summed E-state index contributed by atoms with van der Waals surface area (Å²) in [7, 11) is 0. The zero-order valence-electron chi connectivity index (χ0n) is 16.9. The van der Waals surface area contributed by atoms with Crippen molar-refractivity contribution >= 4 is 0 Å². The van der Waals surface area contributed by atoms with Gasteiger partial charge in [-0.1, -0.05) is 82.6 Å². The largest absolute Gasteiger partial charge is 0.394 e. The van der Waals surface area contributed by atoms with E-state index in [1.807, 2.05) is 0 Å². The molecule has 0 saturated heterocycles. The molecule has 0 amide bonds. The molecule has 0 bridgehead atoms. The minimum atomic E-state index is -0.837. The number of aliphatic hydroxyl groups is 2. The first kappa shape index (κ1) is 23.1. The lowest BCUT2D eigenvalue weighted by molar-refractivity contribution is 0.113. The Hall–Kier alpha value is -0.900. The van der Waals surface area contributed by atoms with Crippen molar-refractivity contribution in [1.82, 2.24) is 0 Å². The summed E-state index contributed by atoms with van der Waals surface area (Å²) in [4.78, 5) is 0. The molecule has 0 saturated carbocycles. The van der Waals surface area contributed by atoms with Crippen molar-refractivity contribution < 1.29 is 10.2 Å². The molecule has 0 fully saturated rings. The summed E-state index contributed by atoms with van der Waals surface area (Å²) >= 11 is 0. The van der Waals surface area contributed by atoms with Gasteiger partial charge >= 0.3 is 0 Å². The monoisotopic (exact) mass is 363 g/mol. The Labute approximate surface area is 161 Å². The lowest BCUT2D eigenvalue weighted by atomic mass is 9.94. The topological polar surface area (TPSA) is 66.5 Å². The van der Waals surface area contributed by atoms with Crippen LogP contribution in [0.5, 0.6) is 0 Å². The van der Waals surface area contributed by atoms with Crippen LogP contribution in [0.1, 0.15) is 88.7 Å². The molecular weight excluding hydrogens is 322 g/mol. The molecule has 4 N–H and O–H groups in total. The maximum atomic E-state index is 9.22. The average Bonchev–Trinajstić information content (AvgIpc) is 2.67. The van der Waals surface area contributed by atoms with Crippen LogP contribution in [-0.2, 0) is 12.8 Å². The Bertz CT molecular complexity index is 440. The second-order valence-corrected chi connectivity index (χ2v) is 7.93. The van der Waals surface area contributed by atoms with Crippen molar-refractivity contribution in [3.63, 3.8) is 0 Å².